The van der Waals surface area contributed by atoms with E-state index in [9.17, 15) is 32.7 Å². The highest BCUT2D eigenvalue weighted by atomic mass is 19.4. The lowest BCUT2D eigenvalue weighted by Crippen LogP contribution is -2.48. The summed E-state index contributed by atoms with van der Waals surface area (Å²) in [6.07, 6.45) is -4.73. The number of nitrogens with zero attached hydrogens (tertiary/aromatic N) is 2. The van der Waals surface area contributed by atoms with Gasteiger partial charge in [0, 0.05) is 44.8 Å². The molecule has 0 spiro atoms. The van der Waals surface area contributed by atoms with Crippen molar-refractivity contribution in [3.05, 3.63) is 59.7 Å². The Morgan fingerprint density at radius 3 is 2.52 bits per heavy atom. The molecule has 0 saturated carbocycles. The smallest absolute Gasteiger partial charge is 0.389 e. The molecule has 1 aliphatic heterocycles. The summed E-state index contributed by atoms with van der Waals surface area (Å²) in [5.74, 6) is -1.37. The second kappa shape index (κ2) is 17.3. The minimum atomic E-state index is -4.47. The van der Waals surface area contributed by atoms with Gasteiger partial charge in [-0.1, -0.05) is 37.3 Å². The number of benzene rings is 2. The molecule has 2 aromatic rings. The molecule has 9 nitrogen and oxygen atoms in total. The predicted octanol–water partition coefficient (Wildman–Crippen LogP) is 5.46. The maximum atomic E-state index is 14.2. The Hall–Kier alpha value is -3.64. The predicted molar refractivity (Wildman–Crippen MR) is 169 cm³/mol. The number of carbonyl (C=O) groups is 3. The van der Waals surface area contributed by atoms with Gasteiger partial charge >= 0.3 is 6.18 Å². The van der Waals surface area contributed by atoms with Gasteiger partial charge in [-0.25, -0.2) is 0 Å². The molecule has 0 aliphatic carbocycles. The van der Waals surface area contributed by atoms with Crippen molar-refractivity contribution < 1.29 is 42.1 Å². The molecule has 254 valence electrons. The van der Waals surface area contributed by atoms with Gasteiger partial charge in [-0.2, -0.15) is 13.2 Å². The molecule has 3 amide bonds. The fourth-order valence-corrected chi connectivity index (χ4v) is 5.22. The van der Waals surface area contributed by atoms with E-state index in [-0.39, 0.29) is 54.5 Å². The largest absolute Gasteiger partial charge is 0.490 e. The van der Waals surface area contributed by atoms with Crippen molar-refractivity contribution in [3.63, 3.8) is 0 Å². The summed E-state index contributed by atoms with van der Waals surface area (Å²) in [5.41, 5.74) is 1.16. The number of aliphatic hydroxyl groups excluding tert-OH is 1. The maximum absolute atomic E-state index is 14.2. The highest BCUT2D eigenvalue weighted by molar-refractivity contribution is 5.99. The van der Waals surface area contributed by atoms with E-state index >= 15 is 0 Å². The quantitative estimate of drug-likeness (QED) is 0.374. The zero-order chi connectivity index (χ0) is 33.9. The molecule has 2 aromatic carbocycles. The van der Waals surface area contributed by atoms with Crippen LogP contribution in [0, 0.1) is 5.92 Å². The first-order valence-electron chi connectivity index (χ1n) is 15.8. The van der Waals surface area contributed by atoms with Gasteiger partial charge in [-0.05, 0) is 56.9 Å². The van der Waals surface area contributed by atoms with Crippen molar-refractivity contribution in [2.75, 3.05) is 38.7 Å². The summed E-state index contributed by atoms with van der Waals surface area (Å²) >= 11 is 0. The number of alkyl halides is 3. The molecule has 2 N–H and O–H groups in total. The van der Waals surface area contributed by atoms with E-state index in [0.29, 0.717) is 19.6 Å². The summed E-state index contributed by atoms with van der Waals surface area (Å²) in [7, 11) is 1.73. The van der Waals surface area contributed by atoms with Crippen LogP contribution in [0.2, 0.25) is 0 Å². The van der Waals surface area contributed by atoms with Gasteiger partial charge in [0.05, 0.1) is 43.3 Å². The standard InChI is InChI=1S/C34H46F3N3O6/c1-23-20-40(24(2)22-41)33(44)28-19-27(38-31(42)15-16-34(35,36)37)13-14-29(28)46-25(3)10-8-9-17-45-30(23)21-39(4)32(43)18-26-11-6-5-7-12-26/h5-7,11-14,19,23-25,30,41H,8-10,15-18,20-22H2,1-4H3,(H,38,42)/t23-,24-,25+,30+/m1/s1. The molecule has 0 fully saturated rings. The van der Waals surface area contributed by atoms with Crippen molar-refractivity contribution in [2.24, 2.45) is 5.92 Å². The number of likely N-dealkylation sites (N-methyl/N-ethyl adjacent to an activating group) is 1. The highest BCUT2D eigenvalue weighted by Gasteiger charge is 2.31. The molecule has 0 unspecified atom stereocenters. The first-order valence-corrected chi connectivity index (χ1v) is 15.8. The van der Waals surface area contributed by atoms with E-state index in [4.69, 9.17) is 9.47 Å². The summed E-state index contributed by atoms with van der Waals surface area (Å²) in [5, 5.41) is 12.6. The zero-order valence-electron chi connectivity index (χ0n) is 27.0. The molecule has 0 radical (unpaired) electrons. The number of rotatable bonds is 9. The number of ether oxygens (including phenoxy) is 2. The number of halogens is 3. The van der Waals surface area contributed by atoms with Crippen molar-refractivity contribution in [2.45, 2.75) is 83.7 Å². The molecule has 0 bridgehead atoms. The van der Waals surface area contributed by atoms with Crippen molar-refractivity contribution in [1.82, 2.24) is 9.80 Å². The number of hydrogen-bond donors (Lipinski definition) is 2. The lowest BCUT2D eigenvalue weighted by molar-refractivity contribution is -0.142. The van der Waals surface area contributed by atoms with E-state index in [2.05, 4.69) is 5.32 Å². The van der Waals surface area contributed by atoms with E-state index in [1.165, 1.54) is 23.1 Å². The van der Waals surface area contributed by atoms with Crippen molar-refractivity contribution in [1.29, 1.82) is 0 Å². The van der Waals surface area contributed by atoms with Crippen molar-refractivity contribution >= 4 is 23.4 Å². The van der Waals surface area contributed by atoms with Crippen LogP contribution >= 0.6 is 0 Å². The third-order valence-corrected chi connectivity index (χ3v) is 8.05. The molecule has 0 aromatic heterocycles. The van der Waals surface area contributed by atoms with Crippen LogP contribution in [0.1, 0.15) is 68.8 Å². The Kier molecular flexibility index (Phi) is 13.9. The monoisotopic (exact) mass is 649 g/mol. The van der Waals surface area contributed by atoms with Crippen LogP contribution in [0.4, 0.5) is 18.9 Å². The van der Waals surface area contributed by atoms with Gasteiger partial charge in [0.15, 0.2) is 0 Å². The SMILES string of the molecule is C[C@@H]1CN([C@H](C)CO)C(=O)c2cc(NC(=O)CCC(F)(F)F)ccc2O[C@@H](C)CCCCO[C@H]1CN(C)C(=O)Cc1ccccc1. The van der Waals surface area contributed by atoms with Gasteiger partial charge in [0.25, 0.3) is 5.91 Å². The Morgan fingerprint density at radius 2 is 1.85 bits per heavy atom. The fraction of sp³-hybridized carbons (Fsp3) is 0.559. The van der Waals surface area contributed by atoms with Gasteiger partial charge in [-0.3, -0.25) is 14.4 Å². The normalized spacial score (nSPS) is 20.6. The van der Waals surface area contributed by atoms with Crippen LogP contribution in [0.3, 0.4) is 0 Å². The summed E-state index contributed by atoms with van der Waals surface area (Å²) < 4.78 is 50.4. The van der Waals surface area contributed by atoms with Crippen molar-refractivity contribution in [3.8, 4) is 5.75 Å². The zero-order valence-corrected chi connectivity index (χ0v) is 27.0. The molecule has 0 saturated heterocycles. The van der Waals surface area contributed by atoms with Gasteiger partial charge < -0.3 is 29.7 Å². The average molecular weight is 650 g/mol. The van der Waals surface area contributed by atoms with Crippen LogP contribution in [-0.2, 0) is 20.7 Å². The van der Waals surface area contributed by atoms with E-state index in [0.717, 1.165) is 18.4 Å². The molecule has 3 rings (SSSR count). The number of amides is 3. The lowest BCUT2D eigenvalue weighted by atomic mass is 10.0. The lowest BCUT2D eigenvalue weighted by Gasteiger charge is -2.36. The third-order valence-electron chi connectivity index (χ3n) is 8.05. The number of fused-ring (bicyclic) bond motifs is 1. The molecule has 1 heterocycles. The topological polar surface area (TPSA) is 108 Å². The number of aliphatic hydroxyl groups is 1. The Balaban J connectivity index is 1.88. The number of hydrogen-bond acceptors (Lipinski definition) is 6. The molecule has 1 aliphatic rings. The minimum Gasteiger partial charge on any atom is -0.490 e. The van der Waals surface area contributed by atoms with E-state index < -0.39 is 43.0 Å². The second-order valence-electron chi connectivity index (χ2n) is 12.1. The van der Waals surface area contributed by atoms with Gasteiger partial charge in [0.2, 0.25) is 11.8 Å². The summed E-state index contributed by atoms with van der Waals surface area (Å²) in [6.45, 7) is 6.09. The van der Waals surface area contributed by atoms with Crippen LogP contribution in [0.15, 0.2) is 48.5 Å². The Bertz CT molecular complexity index is 1290. The van der Waals surface area contributed by atoms with E-state index in [1.54, 1.807) is 18.9 Å². The average Bonchev–Trinajstić information content (AvgIpc) is 3.01. The first kappa shape index (κ1) is 36.8. The summed E-state index contributed by atoms with van der Waals surface area (Å²) in [4.78, 5) is 42.6. The van der Waals surface area contributed by atoms with Crippen LogP contribution in [0.25, 0.3) is 0 Å². The van der Waals surface area contributed by atoms with Crippen LogP contribution < -0.4 is 10.1 Å². The number of carbonyl (C=O) groups excluding carboxylic acids is 3. The summed E-state index contributed by atoms with van der Waals surface area (Å²) in [6, 6.07) is 13.2. The fourth-order valence-electron chi connectivity index (χ4n) is 5.22. The molecule has 4 atom stereocenters. The number of anilines is 1. The van der Waals surface area contributed by atoms with E-state index in [1.807, 2.05) is 44.2 Å². The molecular weight excluding hydrogens is 603 g/mol. The minimum absolute atomic E-state index is 0.0669. The van der Waals surface area contributed by atoms with Crippen LogP contribution in [0.5, 0.6) is 5.75 Å². The molecule has 12 heteroatoms. The molecular formula is C34H46F3N3O6. The second-order valence-corrected chi connectivity index (χ2v) is 12.1. The Morgan fingerprint density at radius 1 is 1.13 bits per heavy atom. The molecule has 46 heavy (non-hydrogen) atoms. The first-order chi connectivity index (χ1) is 21.8. The van der Waals surface area contributed by atoms with Gasteiger partial charge in [0.1, 0.15) is 5.75 Å². The Labute approximate surface area is 269 Å². The highest BCUT2D eigenvalue weighted by Crippen LogP contribution is 2.29. The third kappa shape index (κ3) is 11.6. The maximum Gasteiger partial charge on any atom is 0.389 e. The number of nitrogens with one attached hydrogen (secondary N) is 1. The van der Waals surface area contributed by atoms with Gasteiger partial charge in [-0.15, -0.1) is 0 Å². The van der Waals surface area contributed by atoms with Crippen LogP contribution in [-0.4, -0.2) is 90.4 Å².